The van der Waals surface area contributed by atoms with Crippen molar-refractivity contribution in [3.63, 3.8) is 0 Å². The molecule has 11 heteroatoms. The highest BCUT2D eigenvalue weighted by Crippen LogP contribution is 2.33. The molecule has 30 heavy (non-hydrogen) atoms. The summed E-state index contributed by atoms with van der Waals surface area (Å²) >= 11 is 0.670. The standard InChI is InChI=1S/C19H20FN3O5S2/c20-16-10-21-19(29-16)22-18(25)17(23-28-13-4-3-12(24)9-13)11-1-5-14(6-2-11)30(26,27)15-7-8-15/h1-2,5-6,10,12-13,15,24H,3-4,7-9H2,(H,21,22,25)/t12-,13+/m1/s1. The van der Waals surface area contributed by atoms with E-state index in [4.69, 9.17) is 4.84 Å². The molecule has 0 saturated heterocycles. The Morgan fingerprint density at radius 2 is 1.97 bits per heavy atom. The van der Waals surface area contributed by atoms with Crippen molar-refractivity contribution in [3.05, 3.63) is 41.2 Å². The summed E-state index contributed by atoms with van der Waals surface area (Å²) < 4.78 is 38.0. The number of aliphatic hydroxyl groups is 1. The van der Waals surface area contributed by atoms with E-state index in [-0.39, 0.29) is 27.1 Å². The average Bonchev–Trinajstić information content (AvgIpc) is 3.39. The molecule has 2 aliphatic rings. The van der Waals surface area contributed by atoms with Crippen molar-refractivity contribution in [1.82, 2.24) is 4.98 Å². The maximum absolute atomic E-state index is 13.2. The lowest BCUT2D eigenvalue weighted by molar-refractivity contribution is -0.110. The number of carbonyl (C=O) groups is 1. The molecule has 0 bridgehead atoms. The first-order valence-electron chi connectivity index (χ1n) is 9.52. The van der Waals surface area contributed by atoms with E-state index >= 15 is 0 Å². The van der Waals surface area contributed by atoms with Crippen LogP contribution in [0.5, 0.6) is 0 Å². The predicted molar refractivity (Wildman–Crippen MR) is 109 cm³/mol. The van der Waals surface area contributed by atoms with Crippen LogP contribution >= 0.6 is 11.3 Å². The summed E-state index contributed by atoms with van der Waals surface area (Å²) in [5.41, 5.74) is 0.250. The zero-order chi connectivity index (χ0) is 21.3. The first-order valence-corrected chi connectivity index (χ1v) is 11.9. The summed E-state index contributed by atoms with van der Waals surface area (Å²) in [6, 6.07) is 5.86. The number of anilines is 1. The number of sulfone groups is 1. The highest BCUT2D eigenvalue weighted by Gasteiger charge is 2.36. The van der Waals surface area contributed by atoms with Gasteiger partial charge in [0.25, 0.3) is 5.91 Å². The summed E-state index contributed by atoms with van der Waals surface area (Å²) in [6.45, 7) is 0. The van der Waals surface area contributed by atoms with E-state index in [1.54, 1.807) is 0 Å². The van der Waals surface area contributed by atoms with Gasteiger partial charge in [-0.05, 0) is 37.8 Å². The van der Waals surface area contributed by atoms with Crippen molar-refractivity contribution in [3.8, 4) is 0 Å². The van der Waals surface area contributed by atoms with Crippen LogP contribution in [-0.4, -0.2) is 47.6 Å². The van der Waals surface area contributed by atoms with Crippen molar-refractivity contribution >= 4 is 37.9 Å². The van der Waals surface area contributed by atoms with Crippen LogP contribution in [0.15, 0.2) is 40.5 Å². The number of hydrogen-bond acceptors (Lipinski definition) is 8. The minimum absolute atomic E-state index is 0.0643. The molecule has 2 aromatic rings. The van der Waals surface area contributed by atoms with Crippen molar-refractivity contribution in [2.75, 3.05) is 5.32 Å². The number of nitrogens with zero attached hydrogens (tertiary/aromatic N) is 2. The molecule has 1 aromatic carbocycles. The van der Waals surface area contributed by atoms with Gasteiger partial charge in [-0.2, -0.15) is 4.39 Å². The van der Waals surface area contributed by atoms with Gasteiger partial charge in [0.15, 0.2) is 25.8 Å². The van der Waals surface area contributed by atoms with Crippen molar-refractivity contribution in [2.45, 2.75) is 54.5 Å². The number of oxime groups is 1. The maximum atomic E-state index is 13.2. The molecule has 1 heterocycles. The Morgan fingerprint density at radius 3 is 2.53 bits per heavy atom. The number of nitrogens with one attached hydrogen (secondary N) is 1. The Labute approximate surface area is 176 Å². The number of halogens is 1. The second kappa shape index (κ2) is 8.40. The van der Waals surface area contributed by atoms with Crippen molar-refractivity contribution < 1.29 is 27.5 Å². The van der Waals surface area contributed by atoms with Gasteiger partial charge in [-0.3, -0.25) is 10.1 Å². The predicted octanol–water partition coefficient (Wildman–Crippen LogP) is 2.49. The molecule has 1 amide bonds. The number of amides is 1. The minimum Gasteiger partial charge on any atom is -0.393 e. The number of thiazole rings is 1. The van der Waals surface area contributed by atoms with Gasteiger partial charge in [0, 0.05) is 12.0 Å². The van der Waals surface area contributed by atoms with Crippen LogP contribution in [0.3, 0.4) is 0 Å². The maximum Gasteiger partial charge on any atom is 0.280 e. The van der Waals surface area contributed by atoms with Crippen LogP contribution in [0.1, 0.15) is 37.7 Å². The minimum atomic E-state index is -3.36. The quantitative estimate of drug-likeness (QED) is 0.491. The Balaban J connectivity index is 1.58. The topological polar surface area (TPSA) is 118 Å². The molecule has 0 radical (unpaired) electrons. The highest BCUT2D eigenvalue weighted by atomic mass is 32.2. The number of carbonyl (C=O) groups excluding carboxylic acids is 1. The summed E-state index contributed by atoms with van der Waals surface area (Å²) in [6.07, 6.45) is 3.13. The molecule has 0 unspecified atom stereocenters. The average molecular weight is 454 g/mol. The molecule has 2 N–H and O–H groups in total. The lowest BCUT2D eigenvalue weighted by atomic mass is 10.1. The number of aromatic nitrogens is 1. The summed E-state index contributed by atoms with van der Waals surface area (Å²) in [5.74, 6) is -0.666. The van der Waals surface area contributed by atoms with Gasteiger partial charge in [0.1, 0.15) is 6.10 Å². The molecule has 2 saturated carbocycles. The fourth-order valence-corrected chi connectivity index (χ4v) is 5.40. The van der Waals surface area contributed by atoms with Crippen LogP contribution in [0.2, 0.25) is 0 Å². The molecular weight excluding hydrogens is 433 g/mol. The molecule has 4 rings (SSSR count). The summed E-state index contributed by atoms with van der Waals surface area (Å²) in [4.78, 5) is 22.1. The lowest BCUT2D eigenvalue weighted by Crippen LogP contribution is -2.25. The smallest absolute Gasteiger partial charge is 0.280 e. The van der Waals surface area contributed by atoms with E-state index in [0.29, 0.717) is 49.0 Å². The molecule has 1 aromatic heterocycles. The first-order chi connectivity index (χ1) is 14.3. The number of benzene rings is 1. The van der Waals surface area contributed by atoms with E-state index < -0.39 is 27.0 Å². The SMILES string of the molecule is O=C(Nc1ncc(F)s1)C(=NO[C@H]1CC[C@@H](O)C1)c1ccc(S(=O)(=O)C2CC2)cc1. The summed E-state index contributed by atoms with van der Waals surface area (Å²) in [7, 11) is -3.36. The molecule has 8 nitrogen and oxygen atoms in total. The molecule has 2 aliphatic carbocycles. The third kappa shape index (κ3) is 4.68. The van der Waals surface area contributed by atoms with Crippen LogP contribution in [-0.2, 0) is 19.5 Å². The van der Waals surface area contributed by atoms with Crippen LogP contribution in [0.25, 0.3) is 0 Å². The van der Waals surface area contributed by atoms with Gasteiger partial charge in [0.05, 0.1) is 22.4 Å². The molecule has 2 atom stereocenters. The van der Waals surface area contributed by atoms with E-state index in [1.807, 2.05) is 0 Å². The van der Waals surface area contributed by atoms with Crippen molar-refractivity contribution in [2.24, 2.45) is 5.16 Å². The van der Waals surface area contributed by atoms with Gasteiger partial charge in [-0.1, -0.05) is 28.6 Å². The first kappa shape index (κ1) is 20.9. The highest BCUT2D eigenvalue weighted by molar-refractivity contribution is 7.92. The van der Waals surface area contributed by atoms with Gasteiger partial charge in [-0.15, -0.1) is 0 Å². The Hall–Kier alpha value is -2.37. The third-order valence-electron chi connectivity index (χ3n) is 4.98. The zero-order valence-electron chi connectivity index (χ0n) is 15.8. The van der Waals surface area contributed by atoms with E-state index in [1.165, 1.54) is 24.3 Å². The number of aliphatic hydroxyl groups excluding tert-OH is 1. The fourth-order valence-electron chi connectivity index (χ4n) is 3.21. The zero-order valence-corrected chi connectivity index (χ0v) is 17.5. The van der Waals surface area contributed by atoms with Crippen LogP contribution in [0, 0.1) is 5.13 Å². The van der Waals surface area contributed by atoms with Gasteiger partial charge in [-0.25, -0.2) is 13.4 Å². The Kier molecular flexibility index (Phi) is 5.85. The normalized spacial score (nSPS) is 22.1. The van der Waals surface area contributed by atoms with E-state index in [9.17, 15) is 22.7 Å². The molecule has 160 valence electrons. The third-order valence-corrected chi connectivity index (χ3v) is 7.96. The summed E-state index contributed by atoms with van der Waals surface area (Å²) in [5, 5.41) is 15.3. The second-order valence-corrected chi connectivity index (χ2v) is 10.5. The van der Waals surface area contributed by atoms with Crippen molar-refractivity contribution in [1.29, 1.82) is 0 Å². The van der Waals surface area contributed by atoms with Gasteiger partial charge >= 0.3 is 0 Å². The van der Waals surface area contributed by atoms with Gasteiger partial charge in [0.2, 0.25) is 0 Å². The number of hydrogen-bond donors (Lipinski definition) is 2. The van der Waals surface area contributed by atoms with Gasteiger partial charge < -0.3 is 9.94 Å². The Morgan fingerprint density at radius 1 is 1.23 bits per heavy atom. The van der Waals surface area contributed by atoms with E-state index in [0.717, 1.165) is 6.20 Å². The molecule has 0 aliphatic heterocycles. The van der Waals surface area contributed by atoms with Crippen LogP contribution in [0.4, 0.5) is 9.52 Å². The molecule has 2 fully saturated rings. The Bertz CT molecular complexity index is 1060. The lowest BCUT2D eigenvalue weighted by Gasteiger charge is -2.11. The second-order valence-electron chi connectivity index (χ2n) is 7.33. The molecule has 0 spiro atoms. The largest absolute Gasteiger partial charge is 0.393 e. The fraction of sp³-hybridized carbons (Fsp3) is 0.421. The number of rotatable bonds is 7. The molecular formula is C19H20FN3O5S2. The van der Waals surface area contributed by atoms with E-state index in [2.05, 4.69) is 15.5 Å². The monoisotopic (exact) mass is 453 g/mol. The van der Waals surface area contributed by atoms with Crippen LogP contribution < -0.4 is 5.32 Å².